The van der Waals surface area contributed by atoms with Gasteiger partial charge in [-0.3, -0.25) is 4.90 Å². The summed E-state index contributed by atoms with van der Waals surface area (Å²) in [7, 11) is 0. The first-order valence-corrected chi connectivity index (χ1v) is 6.39. The lowest BCUT2D eigenvalue weighted by Gasteiger charge is -2.37. The summed E-state index contributed by atoms with van der Waals surface area (Å²) in [6.07, 6.45) is 7.78. The van der Waals surface area contributed by atoms with Crippen molar-refractivity contribution in [3.63, 3.8) is 0 Å². The van der Waals surface area contributed by atoms with Gasteiger partial charge >= 0.3 is 0 Å². The van der Waals surface area contributed by atoms with Gasteiger partial charge < -0.3 is 0 Å². The third kappa shape index (κ3) is 2.54. The Morgan fingerprint density at radius 1 is 1.06 bits per heavy atom. The minimum Gasteiger partial charge on any atom is -0.295 e. The fraction of sp³-hybridized carbons (Fsp3) is 0.846. The molecule has 0 heterocycles. The van der Waals surface area contributed by atoms with E-state index in [1.807, 2.05) is 0 Å². The van der Waals surface area contributed by atoms with Gasteiger partial charge in [-0.25, -0.2) is 0 Å². The van der Waals surface area contributed by atoms with E-state index >= 15 is 0 Å². The van der Waals surface area contributed by atoms with Gasteiger partial charge in [0, 0.05) is 25.0 Å². The van der Waals surface area contributed by atoms with Crippen LogP contribution in [-0.4, -0.2) is 23.5 Å². The monoisotopic (exact) mass is 217 g/mol. The lowest BCUT2D eigenvalue weighted by molar-refractivity contribution is 0.121. The lowest BCUT2D eigenvalue weighted by Crippen LogP contribution is -2.43. The van der Waals surface area contributed by atoms with Crippen molar-refractivity contribution >= 4 is 0 Å². The molecular formula is C13H19N3. The molecule has 0 aromatic heterocycles. The number of nitrogens with zero attached hydrogens (tertiary/aromatic N) is 3. The molecule has 86 valence electrons. The summed E-state index contributed by atoms with van der Waals surface area (Å²) in [6.45, 7) is 0.865. The number of rotatable bonds is 4. The Morgan fingerprint density at radius 3 is 2.44 bits per heavy atom. The lowest BCUT2D eigenvalue weighted by atomic mass is 9.84. The maximum absolute atomic E-state index is 9.20. The zero-order valence-electron chi connectivity index (χ0n) is 9.73. The van der Waals surface area contributed by atoms with E-state index < -0.39 is 0 Å². The van der Waals surface area contributed by atoms with Gasteiger partial charge in [-0.2, -0.15) is 10.5 Å². The zero-order chi connectivity index (χ0) is 11.4. The molecule has 3 nitrogen and oxygen atoms in total. The fourth-order valence-electron chi connectivity index (χ4n) is 2.86. The number of nitriles is 2. The van der Waals surface area contributed by atoms with E-state index in [2.05, 4.69) is 17.0 Å². The molecule has 0 N–H and O–H groups in total. The molecule has 2 saturated carbocycles. The Labute approximate surface area is 97.7 Å². The summed E-state index contributed by atoms with van der Waals surface area (Å²) in [5, 5.41) is 17.9. The largest absolute Gasteiger partial charge is 0.295 e. The van der Waals surface area contributed by atoms with E-state index in [1.54, 1.807) is 0 Å². The third-order valence-electron chi connectivity index (χ3n) is 3.82. The molecule has 3 heteroatoms. The van der Waals surface area contributed by atoms with Crippen LogP contribution < -0.4 is 0 Å². The summed E-state index contributed by atoms with van der Waals surface area (Å²) in [4.78, 5) is 2.45. The number of hydrogen-bond donors (Lipinski definition) is 0. The number of hydrogen-bond acceptors (Lipinski definition) is 3. The van der Waals surface area contributed by atoms with Crippen LogP contribution in [0.15, 0.2) is 0 Å². The van der Waals surface area contributed by atoms with Crippen LogP contribution >= 0.6 is 0 Å². The van der Waals surface area contributed by atoms with E-state index in [-0.39, 0.29) is 5.92 Å². The highest BCUT2D eigenvalue weighted by molar-refractivity contribution is 5.00. The van der Waals surface area contributed by atoms with Crippen LogP contribution in [0.5, 0.6) is 0 Å². The van der Waals surface area contributed by atoms with Crippen molar-refractivity contribution in [1.82, 2.24) is 4.90 Å². The predicted molar refractivity (Wildman–Crippen MR) is 61.3 cm³/mol. The van der Waals surface area contributed by atoms with Crippen LogP contribution in [0.3, 0.4) is 0 Å². The van der Waals surface area contributed by atoms with Gasteiger partial charge in [0.25, 0.3) is 0 Å². The van der Waals surface area contributed by atoms with E-state index in [1.165, 1.54) is 25.7 Å². The standard InChI is InChI=1S/C13H19N3/c14-8-3-9-16(12-6-7-12)13-5-2-1-4-11(13)10-15/h11-13H,1-7,9H2. The van der Waals surface area contributed by atoms with Gasteiger partial charge in [0.1, 0.15) is 0 Å². The zero-order valence-corrected chi connectivity index (χ0v) is 9.73. The molecule has 0 saturated heterocycles. The Kier molecular flexibility index (Phi) is 3.80. The van der Waals surface area contributed by atoms with E-state index in [0.717, 1.165) is 19.4 Å². The van der Waals surface area contributed by atoms with Crippen molar-refractivity contribution in [2.24, 2.45) is 5.92 Å². The van der Waals surface area contributed by atoms with Crippen molar-refractivity contribution in [1.29, 1.82) is 10.5 Å². The second-order valence-electron chi connectivity index (χ2n) is 4.96. The Balaban J connectivity index is 1.99. The summed E-state index contributed by atoms with van der Waals surface area (Å²) in [5.41, 5.74) is 0. The second-order valence-corrected chi connectivity index (χ2v) is 4.96. The first kappa shape index (κ1) is 11.4. The molecule has 0 amide bonds. The van der Waals surface area contributed by atoms with Crippen LogP contribution in [0.1, 0.15) is 44.9 Å². The Bertz CT molecular complexity index is 308. The minimum atomic E-state index is 0.202. The molecule has 0 spiro atoms. The van der Waals surface area contributed by atoms with Gasteiger partial charge in [-0.15, -0.1) is 0 Å². The molecule has 0 aliphatic heterocycles. The topological polar surface area (TPSA) is 50.8 Å². The Hall–Kier alpha value is -1.06. The van der Waals surface area contributed by atoms with Gasteiger partial charge in [-0.1, -0.05) is 12.8 Å². The Morgan fingerprint density at radius 2 is 1.81 bits per heavy atom. The summed E-state index contributed by atoms with van der Waals surface area (Å²) in [6, 6.07) is 5.80. The van der Waals surface area contributed by atoms with Crippen molar-refractivity contribution in [2.75, 3.05) is 6.54 Å². The first-order chi connectivity index (χ1) is 7.86. The van der Waals surface area contributed by atoms with Crippen molar-refractivity contribution in [2.45, 2.75) is 57.0 Å². The molecule has 2 aliphatic rings. The highest BCUT2D eigenvalue weighted by atomic mass is 15.2. The quantitative estimate of drug-likeness (QED) is 0.726. The molecule has 0 aromatic carbocycles. The molecule has 2 atom stereocenters. The SMILES string of the molecule is N#CCCN(C1CC1)C1CCCCC1C#N. The normalized spacial score (nSPS) is 29.7. The molecule has 16 heavy (non-hydrogen) atoms. The van der Waals surface area contributed by atoms with E-state index in [9.17, 15) is 5.26 Å². The maximum Gasteiger partial charge on any atom is 0.0672 e. The maximum atomic E-state index is 9.20. The van der Waals surface area contributed by atoms with Crippen molar-refractivity contribution in [3.8, 4) is 12.1 Å². The van der Waals surface area contributed by atoms with Crippen molar-refractivity contribution < 1.29 is 0 Å². The highest BCUT2D eigenvalue weighted by Crippen LogP contribution is 2.36. The molecule has 0 radical (unpaired) electrons. The average Bonchev–Trinajstić information content (AvgIpc) is 3.14. The highest BCUT2D eigenvalue weighted by Gasteiger charge is 2.38. The van der Waals surface area contributed by atoms with Crippen LogP contribution in [0, 0.1) is 28.6 Å². The first-order valence-electron chi connectivity index (χ1n) is 6.39. The molecule has 0 aromatic rings. The van der Waals surface area contributed by atoms with Crippen LogP contribution in [0.25, 0.3) is 0 Å². The molecule has 2 fully saturated rings. The molecule has 2 aliphatic carbocycles. The van der Waals surface area contributed by atoms with Crippen molar-refractivity contribution in [3.05, 3.63) is 0 Å². The molecule has 2 rings (SSSR count). The predicted octanol–water partition coefficient (Wildman–Crippen LogP) is 2.45. The van der Waals surface area contributed by atoms with Crippen LogP contribution in [0.4, 0.5) is 0 Å². The fourth-order valence-corrected chi connectivity index (χ4v) is 2.86. The van der Waals surface area contributed by atoms with Crippen LogP contribution in [-0.2, 0) is 0 Å². The third-order valence-corrected chi connectivity index (χ3v) is 3.82. The summed E-state index contributed by atoms with van der Waals surface area (Å²) < 4.78 is 0. The smallest absolute Gasteiger partial charge is 0.0672 e. The van der Waals surface area contributed by atoms with E-state index in [4.69, 9.17) is 5.26 Å². The minimum absolute atomic E-state index is 0.202. The van der Waals surface area contributed by atoms with Gasteiger partial charge in [-0.05, 0) is 25.7 Å². The summed E-state index contributed by atoms with van der Waals surface area (Å²) >= 11 is 0. The average molecular weight is 217 g/mol. The molecule has 0 bridgehead atoms. The summed E-state index contributed by atoms with van der Waals surface area (Å²) in [5.74, 6) is 0.202. The van der Waals surface area contributed by atoms with Crippen LogP contribution in [0.2, 0.25) is 0 Å². The second kappa shape index (κ2) is 5.32. The van der Waals surface area contributed by atoms with E-state index in [0.29, 0.717) is 18.5 Å². The molecule has 2 unspecified atom stereocenters. The molecular weight excluding hydrogens is 198 g/mol. The van der Waals surface area contributed by atoms with Gasteiger partial charge in [0.2, 0.25) is 0 Å². The van der Waals surface area contributed by atoms with Gasteiger partial charge in [0.05, 0.1) is 18.1 Å². The van der Waals surface area contributed by atoms with Gasteiger partial charge in [0.15, 0.2) is 0 Å².